The topological polar surface area (TPSA) is 50.4 Å². The van der Waals surface area contributed by atoms with E-state index in [-0.39, 0.29) is 12.1 Å². The van der Waals surface area contributed by atoms with Crippen molar-refractivity contribution < 1.29 is 9.53 Å². The lowest BCUT2D eigenvalue weighted by atomic mass is 9.86. The quantitative estimate of drug-likeness (QED) is 0.825. The molecule has 112 valence electrons. The Morgan fingerprint density at radius 2 is 1.68 bits per heavy atom. The van der Waals surface area contributed by atoms with E-state index in [0.29, 0.717) is 11.5 Å². The highest BCUT2D eigenvalue weighted by molar-refractivity contribution is 5.68. The fraction of sp³-hybridized carbons (Fsp3) is 0.933. The molecule has 19 heavy (non-hydrogen) atoms. The molecule has 0 unspecified atom stereocenters. The monoisotopic (exact) mass is 270 g/mol. The zero-order chi connectivity index (χ0) is 14.7. The van der Waals surface area contributed by atoms with Gasteiger partial charge in [0.15, 0.2) is 0 Å². The summed E-state index contributed by atoms with van der Waals surface area (Å²) in [6, 6.07) is 0.810. The molecule has 1 fully saturated rings. The first kappa shape index (κ1) is 16.3. The number of hydrogen-bond donors (Lipinski definition) is 2. The molecule has 1 aliphatic carbocycles. The highest BCUT2D eigenvalue weighted by Gasteiger charge is 2.31. The summed E-state index contributed by atoms with van der Waals surface area (Å²) in [7, 11) is 0. The number of carbonyl (C=O) groups is 1. The number of carbonyl (C=O) groups excluding carboxylic acids is 1. The van der Waals surface area contributed by atoms with Gasteiger partial charge in [-0.2, -0.15) is 0 Å². The smallest absolute Gasteiger partial charge is 0.407 e. The third-order valence-electron chi connectivity index (χ3n) is 3.17. The van der Waals surface area contributed by atoms with Gasteiger partial charge in [-0.3, -0.25) is 0 Å². The first-order valence-electron chi connectivity index (χ1n) is 7.28. The first-order valence-corrected chi connectivity index (χ1v) is 7.28. The van der Waals surface area contributed by atoms with Gasteiger partial charge in [0, 0.05) is 12.1 Å². The molecule has 0 atom stereocenters. The Balaban J connectivity index is 2.09. The van der Waals surface area contributed by atoms with E-state index in [9.17, 15) is 4.79 Å². The Labute approximate surface area is 117 Å². The molecule has 1 saturated carbocycles. The Morgan fingerprint density at radius 3 is 2.16 bits per heavy atom. The predicted molar refractivity (Wildman–Crippen MR) is 78.3 cm³/mol. The van der Waals surface area contributed by atoms with Gasteiger partial charge in [-0.05, 0) is 52.0 Å². The fourth-order valence-electron chi connectivity index (χ4n) is 2.03. The lowest BCUT2D eigenvalue weighted by Crippen LogP contribution is -2.53. The van der Waals surface area contributed by atoms with Gasteiger partial charge >= 0.3 is 6.09 Å². The van der Waals surface area contributed by atoms with E-state index < -0.39 is 5.60 Å². The van der Waals surface area contributed by atoms with E-state index in [1.54, 1.807) is 0 Å². The average molecular weight is 270 g/mol. The number of ether oxygens (including phenoxy) is 1. The second-order valence-electron chi connectivity index (χ2n) is 7.78. The molecule has 2 N–H and O–H groups in total. The van der Waals surface area contributed by atoms with Gasteiger partial charge in [0.2, 0.25) is 0 Å². The maximum Gasteiger partial charge on any atom is 0.407 e. The Hall–Kier alpha value is -0.770. The minimum absolute atomic E-state index is 0.266. The molecule has 4 heteroatoms. The minimum atomic E-state index is -0.418. The third-order valence-corrected chi connectivity index (χ3v) is 3.17. The summed E-state index contributed by atoms with van der Waals surface area (Å²) in [5.41, 5.74) is -0.0386. The normalized spacial score (nSPS) is 23.7. The Kier molecular flexibility index (Phi) is 5.25. The summed E-state index contributed by atoms with van der Waals surface area (Å²) in [6.07, 6.45) is 2.88. The highest BCUT2D eigenvalue weighted by atomic mass is 16.6. The minimum Gasteiger partial charge on any atom is -0.444 e. The van der Waals surface area contributed by atoms with Gasteiger partial charge in [-0.25, -0.2) is 4.79 Å². The van der Waals surface area contributed by atoms with Crippen LogP contribution < -0.4 is 10.6 Å². The van der Waals surface area contributed by atoms with Crippen molar-refractivity contribution in [2.75, 3.05) is 6.54 Å². The molecule has 0 radical (unpaired) electrons. The van der Waals surface area contributed by atoms with Crippen LogP contribution in [0.2, 0.25) is 0 Å². The summed E-state index contributed by atoms with van der Waals surface area (Å²) in [6.45, 7) is 13.4. The molecular weight excluding hydrogens is 240 g/mol. The van der Waals surface area contributed by atoms with Gasteiger partial charge in [-0.15, -0.1) is 0 Å². The molecule has 1 amide bonds. The van der Waals surface area contributed by atoms with Crippen LogP contribution in [0.3, 0.4) is 0 Å². The standard InChI is InChI=1S/C15H30N2O2/c1-14(2,3)7-8-16-11-9-12(10-11)17-13(18)19-15(4,5)6/h11-12,16H,7-10H2,1-6H3,(H,17,18). The summed E-state index contributed by atoms with van der Waals surface area (Å²) in [5.74, 6) is 0. The molecule has 0 saturated heterocycles. The molecule has 0 bridgehead atoms. The number of amides is 1. The van der Waals surface area contributed by atoms with E-state index in [2.05, 4.69) is 31.4 Å². The highest BCUT2D eigenvalue weighted by Crippen LogP contribution is 2.22. The van der Waals surface area contributed by atoms with Crippen LogP contribution in [0.5, 0.6) is 0 Å². The number of hydrogen-bond acceptors (Lipinski definition) is 3. The predicted octanol–water partition coefficient (Wildman–Crippen LogP) is 3.07. The molecule has 0 aromatic carbocycles. The van der Waals surface area contributed by atoms with Gasteiger partial charge in [-0.1, -0.05) is 20.8 Å². The fourth-order valence-corrected chi connectivity index (χ4v) is 2.03. The maximum atomic E-state index is 11.6. The molecule has 0 aromatic heterocycles. The maximum absolute atomic E-state index is 11.6. The lowest BCUT2D eigenvalue weighted by molar-refractivity contribution is 0.0465. The van der Waals surface area contributed by atoms with Crippen molar-refractivity contribution >= 4 is 6.09 Å². The molecule has 0 spiro atoms. The van der Waals surface area contributed by atoms with Crippen molar-refractivity contribution in [1.29, 1.82) is 0 Å². The van der Waals surface area contributed by atoms with Crippen molar-refractivity contribution in [2.45, 2.75) is 78.5 Å². The van der Waals surface area contributed by atoms with Crippen LogP contribution in [-0.2, 0) is 4.74 Å². The van der Waals surface area contributed by atoms with Gasteiger partial charge in [0.25, 0.3) is 0 Å². The second-order valence-corrected chi connectivity index (χ2v) is 7.78. The van der Waals surface area contributed by atoms with Crippen LogP contribution in [-0.4, -0.2) is 30.3 Å². The number of nitrogens with one attached hydrogen (secondary N) is 2. The van der Waals surface area contributed by atoms with Crippen molar-refractivity contribution in [1.82, 2.24) is 10.6 Å². The third kappa shape index (κ3) is 7.41. The summed E-state index contributed by atoms with van der Waals surface area (Å²) < 4.78 is 5.23. The summed E-state index contributed by atoms with van der Waals surface area (Å²) in [4.78, 5) is 11.6. The molecular formula is C15H30N2O2. The zero-order valence-corrected chi connectivity index (χ0v) is 13.3. The van der Waals surface area contributed by atoms with E-state index in [0.717, 1.165) is 19.4 Å². The van der Waals surface area contributed by atoms with Gasteiger partial charge in [0.05, 0.1) is 0 Å². The van der Waals surface area contributed by atoms with Crippen molar-refractivity contribution in [3.8, 4) is 0 Å². The SMILES string of the molecule is CC(C)(C)CCNC1CC(NC(=O)OC(C)(C)C)C1. The van der Waals surface area contributed by atoms with Crippen LogP contribution in [0.1, 0.15) is 60.8 Å². The lowest BCUT2D eigenvalue weighted by Gasteiger charge is -2.37. The molecule has 1 rings (SSSR count). The molecule has 1 aliphatic rings. The van der Waals surface area contributed by atoms with E-state index >= 15 is 0 Å². The van der Waals surface area contributed by atoms with Crippen LogP contribution in [0.15, 0.2) is 0 Å². The van der Waals surface area contributed by atoms with Gasteiger partial charge in [0.1, 0.15) is 5.60 Å². The van der Waals surface area contributed by atoms with Crippen LogP contribution in [0, 0.1) is 5.41 Å². The molecule has 0 aliphatic heterocycles. The van der Waals surface area contributed by atoms with E-state index in [4.69, 9.17) is 4.74 Å². The van der Waals surface area contributed by atoms with Crippen molar-refractivity contribution in [3.63, 3.8) is 0 Å². The number of alkyl carbamates (subject to hydrolysis) is 1. The van der Waals surface area contributed by atoms with E-state index in [1.165, 1.54) is 6.42 Å². The average Bonchev–Trinajstić information content (AvgIpc) is 2.08. The van der Waals surface area contributed by atoms with Crippen LogP contribution in [0.25, 0.3) is 0 Å². The zero-order valence-electron chi connectivity index (χ0n) is 13.3. The Bertz CT molecular complexity index is 296. The molecule has 0 heterocycles. The first-order chi connectivity index (χ1) is 8.55. The second kappa shape index (κ2) is 6.12. The number of rotatable bonds is 4. The van der Waals surface area contributed by atoms with Crippen LogP contribution in [0.4, 0.5) is 4.79 Å². The summed E-state index contributed by atoms with van der Waals surface area (Å²) in [5, 5.41) is 6.44. The van der Waals surface area contributed by atoms with Crippen LogP contribution >= 0.6 is 0 Å². The summed E-state index contributed by atoms with van der Waals surface area (Å²) >= 11 is 0. The van der Waals surface area contributed by atoms with E-state index in [1.807, 2.05) is 20.8 Å². The van der Waals surface area contributed by atoms with Crippen molar-refractivity contribution in [2.24, 2.45) is 5.41 Å². The van der Waals surface area contributed by atoms with Gasteiger partial charge < -0.3 is 15.4 Å². The largest absolute Gasteiger partial charge is 0.444 e. The Morgan fingerprint density at radius 1 is 1.11 bits per heavy atom. The van der Waals surface area contributed by atoms with Crippen molar-refractivity contribution in [3.05, 3.63) is 0 Å². The molecule has 0 aromatic rings. The molecule has 4 nitrogen and oxygen atoms in total.